The van der Waals surface area contributed by atoms with Crippen molar-refractivity contribution in [1.82, 2.24) is 10.2 Å². The number of halogens is 1. The van der Waals surface area contributed by atoms with E-state index >= 15 is 0 Å². The summed E-state index contributed by atoms with van der Waals surface area (Å²) in [6.07, 6.45) is 0. The number of fused-ring (bicyclic) bond motifs is 1. The lowest BCUT2D eigenvalue weighted by molar-refractivity contribution is 0.379. The number of nitrogens with zero attached hydrogens (tertiary/aromatic N) is 2. The van der Waals surface area contributed by atoms with Gasteiger partial charge in [-0.1, -0.05) is 58.4 Å². The van der Waals surface area contributed by atoms with Gasteiger partial charge in [-0.25, -0.2) is 0 Å². The number of rotatable bonds is 2. The van der Waals surface area contributed by atoms with Gasteiger partial charge in [-0.05, 0) is 23.3 Å². The molecule has 2 aromatic carbocycles. The van der Waals surface area contributed by atoms with Crippen molar-refractivity contribution in [3.63, 3.8) is 0 Å². The van der Waals surface area contributed by atoms with Crippen LogP contribution in [0.15, 0.2) is 70.5 Å². The van der Waals surface area contributed by atoms with Crippen molar-refractivity contribution in [1.29, 1.82) is 5.26 Å². The molecule has 0 bridgehead atoms. The highest BCUT2D eigenvalue weighted by Gasteiger charge is 2.35. The highest BCUT2D eigenvalue weighted by Crippen LogP contribution is 2.45. The second-order valence-corrected chi connectivity index (χ2v) is 6.58. The Kier molecular flexibility index (Phi) is 3.79. The Labute approximate surface area is 152 Å². The average Bonchev–Trinajstić information content (AvgIpc) is 3.04. The van der Waals surface area contributed by atoms with Gasteiger partial charge in [0.15, 0.2) is 0 Å². The van der Waals surface area contributed by atoms with Gasteiger partial charge in [0, 0.05) is 4.47 Å². The largest absolute Gasteiger partial charge is 0.420 e. The van der Waals surface area contributed by atoms with Crippen LogP contribution in [0.25, 0.3) is 11.3 Å². The number of ether oxygens (including phenoxy) is 1. The Bertz CT molecular complexity index is 1020. The molecule has 4 rings (SSSR count). The molecule has 0 unspecified atom stereocenters. The van der Waals surface area contributed by atoms with E-state index in [-0.39, 0.29) is 11.8 Å². The van der Waals surface area contributed by atoms with Crippen LogP contribution < -0.4 is 10.5 Å². The van der Waals surface area contributed by atoms with Crippen LogP contribution >= 0.6 is 15.9 Å². The fourth-order valence-corrected chi connectivity index (χ4v) is 3.51. The molecule has 3 aromatic rings. The first kappa shape index (κ1) is 15.5. The van der Waals surface area contributed by atoms with Gasteiger partial charge < -0.3 is 10.5 Å². The number of nitrogens with two attached hydrogens (primary N) is 1. The van der Waals surface area contributed by atoms with Gasteiger partial charge >= 0.3 is 0 Å². The fraction of sp³-hybridized carbons (Fsp3) is 0.0526. The minimum atomic E-state index is -0.347. The van der Waals surface area contributed by atoms with Crippen LogP contribution in [0.4, 0.5) is 0 Å². The van der Waals surface area contributed by atoms with Crippen LogP contribution in [0.5, 0.6) is 5.88 Å². The van der Waals surface area contributed by atoms with E-state index in [1.54, 1.807) is 0 Å². The Balaban J connectivity index is 1.97. The van der Waals surface area contributed by atoms with Crippen LogP contribution in [-0.2, 0) is 0 Å². The summed E-state index contributed by atoms with van der Waals surface area (Å²) in [6.45, 7) is 0. The maximum Gasteiger partial charge on any atom is 0.244 e. The van der Waals surface area contributed by atoms with Gasteiger partial charge in [-0.3, -0.25) is 5.10 Å². The Morgan fingerprint density at radius 1 is 1.16 bits per heavy atom. The van der Waals surface area contributed by atoms with E-state index in [2.05, 4.69) is 32.2 Å². The van der Waals surface area contributed by atoms with Crippen LogP contribution in [0.3, 0.4) is 0 Å². The van der Waals surface area contributed by atoms with Gasteiger partial charge in [0.2, 0.25) is 11.8 Å². The van der Waals surface area contributed by atoms with Crippen molar-refractivity contribution in [2.75, 3.05) is 0 Å². The summed E-state index contributed by atoms with van der Waals surface area (Å²) in [5.74, 6) is 0.145. The summed E-state index contributed by atoms with van der Waals surface area (Å²) in [7, 11) is 0. The maximum absolute atomic E-state index is 9.68. The fourth-order valence-electron chi connectivity index (χ4n) is 3.09. The van der Waals surface area contributed by atoms with E-state index in [9.17, 15) is 5.26 Å². The number of hydrogen-bond donors (Lipinski definition) is 2. The number of aromatic nitrogens is 2. The highest BCUT2D eigenvalue weighted by molar-refractivity contribution is 9.10. The molecule has 0 fully saturated rings. The van der Waals surface area contributed by atoms with Gasteiger partial charge in [0.25, 0.3) is 0 Å². The lowest BCUT2D eigenvalue weighted by atomic mass is 9.83. The molecular weight excluding hydrogens is 380 g/mol. The number of nitriles is 1. The smallest absolute Gasteiger partial charge is 0.244 e. The Morgan fingerprint density at radius 3 is 2.68 bits per heavy atom. The van der Waals surface area contributed by atoms with Gasteiger partial charge in [0.1, 0.15) is 11.6 Å². The summed E-state index contributed by atoms with van der Waals surface area (Å²) in [6, 6.07) is 19.9. The molecule has 3 N–H and O–H groups in total. The molecule has 5 nitrogen and oxygen atoms in total. The number of aromatic amines is 1. The molecular formula is C19H13BrN4O. The number of nitrogens with one attached hydrogen (secondary N) is 1. The zero-order valence-electron chi connectivity index (χ0n) is 13.0. The second kappa shape index (κ2) is 6.11. The molecule has 0 spiro atoms. The predicted octanol–water partition coefficient (Wildman–Crippen LogP) is 4.06. The first-order valence-electron chi connectivity index (χ1n) is 7.65. The maximum atomic E-state index is 9.68. The summed E-state index contributed by atoms with van der Waals surface area (Å²) >= 11 is 3.49. The Hall–Kier alpha value is -3.04. The molecule has 2 heterocycles. The Morgan fingerprint density at radius 2 is 1.96 bits per heavy atom. The van der Waals surface area contributed by atoms with Crippen LogP contribution in [0.1, 0.15) is 17.0 Å². The van der Waals surface area contributed by atoms with E-state index in [0.717, 1.165) is 26.9 Å². The van der Waals surface area contributed by atoms with Crippen molar-refractivity contribution in [3.8, 4) is 23.2 Å². The number of hydrogen-bond acceptors (Lipinski definition) is 4. The molecule has 6 heteroatoms. The van der Waals surface area contributed by atoms with E-state index in [1.165, 1.54) is 0 Å². The third-order valence-corrected chi connectivity index (χ3v) is 4.68. The van der Waals surface area contributed by atoms with Gasteiger partial charge in [-0.15, -0.1) is 5.10 Å². The lowest BCUT2D eigenvalue weighted by Crippen LogP contribution is -2.21. The third-order valence-electron chi connectivity index (χ3n) is 4.18. The molecule has 0 radical (unpaired) electrons. The van der Waals surface area contributed by atoms with E-state index < -0.39 is 0 Å². The van der Waals surface area contributed by atoms with Gasteiger partial charge in [-0.2, -0.15) is 5.26 Å². The molecule has 0 saturated carbocycles. The molecule has 1 aliphatic rings. The van der Waals surface area contributed by atoms with Crippen molar-refractivity contribution in [3.05, 3.63) is 81.7 Å². The number of allylic oxidation sites excluding steroid dienone is 1. The summed E-state index contributed by atoms with van der Waals surface area (Å²) < 4.78 is 6.53. The summed E-state index contributed by atoms with van der Waals surface area (Å²) in [4.78, 5) is 0. The van der Waals surface area contributed by atoms with Crippen molar-refractivity contribution in [2.24, 2.45) is 5.73 Å². The SMILES string of the molecule is N#CC1=C(N)Oc2n[nH]c(-c3ccccc3)c2[C@H]1c1cccc(Br)c1. The van der Waals surface area contributed by atoms with Crippen molar-refractivity contribution >= 4 is 15.9 Å². The zero-order valence-corrected chi connectivity index (χ0v) is 14.6. The lowest BCUT2D eigenvalue weighted by Gasteiger charge is -2.24. The first-order chi connectivity index (χ1) is 12.2. The molecule has 1 aromatic heterocycles. The number of benzene rings is 2. The molecule has 1 aliphatic heterocycles. The van der Waals surface area contributed by atoms with E-state index in [0.29, 0.717) is 11.5 Å². The second-order valence-electron chi connectivity index (χ2n) is 5.66. The standard InChI is InChI=1S/C19H13BrN4O/c20-13-8-4-7-12(9-13)15-14(10-21)18(22)25-19-16(15)17(23-24-19)11-5-2-1-3-6-11/h1-9,15H,22H2,(H,23,24)/t15-/m0/s1. The first-order valence-corrected chi connectivity index (χ1v) is 8.45. The van der Waals surface area contributed by atoms with Crippen molar-refractivity contribution < 1.29 is 4.74 Å². The molecule has 122 valence electrons. The molecule has 1 atom stereocenters. The van der Waals surface area contributed by atoms with Crippen LogP contribution in [0, 0.1) is 11.3 Å². The monoisotopic (exact) mass is 392 g/mol. The highest BCUT2D eigenvalue weighted by atomic mass is 79.9. The normalized spacial score (nSPS) is 16.1. The molecule has 0 amide bonds. The predicted molar refractivity (Wildman–Crippen MR) is 97.5 cm³/mol. The van der Waals surface area contributed by atoms with Crippen molar-refractivity contribution in [2.45, 2.75) is 5.92 Å². The van der Waals surface area contributed by atoms with E-state index in [1.807, 2.05) is 54.6 Å². The topological polar surface area (TPSA) is 87.7 Å². The minimum absolute atomic E-state index is 0.0890. The van der Waals surface area contributed by atoms with Crippen LogP contribution in [0.2, 0.25) is 0 Å². The quantitative estimate of drug-likeness (QED) is 0.688. The number of H-pyrrole nitrogens is 1. The minimum Gasteiger partial charge on any atom is -0.420 e. The molecule has 25 heavy (non-hydrogen) atoms. The van der Waals surface area contributed by atoms with Crippen LogP contribution in [-0.4, -0.2) is 10.2 Å². The summed E-state index contributed by atoms with van der Waals surface area (Å²) in [5, 5.41) is 17.0. The zero-order chi connectivity index (χ0) is 17.4. The third kappa shape index (κ3) is 2.59. The molecule has 0 aliphatic carbocycles. The molecule has 0 saturated heterocycles. The van der Waals surface area contributed by atoms with Gasteiger partial charge in [0.05, 0.1) is 17.2 Å². The van der Waals surface area contributed by atoms with E-state index in [4.69, 9.17) is 10.5 Å². The summed E-state index contributed by atoms with van der Waals surface area (Å²) in [5.41, 5.74) is 9.91. The average molecular weight is 393 g/mol.